The Morgan fingerprint density at radius 1 is 1.10 bits per heavy atom. The van der Waals surface area contributed by atoms with Crippen molar-refractivity contribution in [3.63, 3.8) is 0 Å². The first-order valence-corrected chi connectivity index (χ1v) is 11.8. The lowest BCUT2D eigenvalue weighted by molar-refractivity contribution is -0.0198. The molecule has 30 heavy (non-hydrogen) atoms. The number of hydrogen-bond donors (Lipinski definition) is 0. The van der Waals surface area contributed by atoms with E-state index in [0.29, 0.717) is 11.5 Å². The number of ether oxygens (including phenoxy) is 3. The highest BCUT2D eigenvalue weighted by Gasteiger charge is 2.42. The highest BCUT2D eigenvalue weighted by molar-refractivity contribution is 9.11. The predicted octanol–water partition coefficient (Wildman–Crippen LogP) is 6.53. The Kier molecular flexibility index (Phi) is 5.24. The minimum absolute atomic E-state index is 0.0812. The van der Waals surface area contributed by atoms with Gasteiger partial charge in [-0.15, -0.1) is 11.3 Å². The van der Waals surface area contributed by atoms with Crippen LogP contribution in [-0.4, -0.2) is 24.9 Å². The van der Waals surface area contributed by atoms with E-state index in [1.165, 1.54) is 4.88 Å². The molecule has 3 aromatic rings. The van der Waals surface area contributed by atoms with E-state index in [9.17, 15) is 0 Å². The second-order valence-electron chi connectivity index (χ2n) is 7.01. The first-order chi connectivity index (χ1) is 14.6. The molecular weight excluding hydrogens is 532 g/mol. The van der Waals surface area contributed by atoms with Gasteiger partial charge in [-0.25, -0.2) is 5.01 Å². The van der Waals surface area contributed by atoms with E-state index in [2.05, 4.69) is 60.4 Å². The van der Waals surface area contributed by atoms with Gasteiger partial charge in [-0.1, -0.05) is 22.0 Å². The summed E-state index contributed by atoms with van der Waals surface area (Å²) in [5, 5.41) is 9.15. The molecule has 5 rings (SSSR count). The van der Waals surface area contributed by atoms with Crippen molar-refractivity contribution in [3.05, 3.63) is 72.8 Å². The van der Waals surface area contributed by atoms with Gasteiger partial charge in [0.1, 0.15) is 5.75 Å². The smallest absolute Gasteiger partial charge is 0.214 e. The first-order valence-electron chi connectivity index (χ1n) is 9.36. The summed E-state index contributed by atoms with van der Waals surface area (Å²) >= 11 is 9.01. The summed E-state index contributed by atoms with van der Waals surface area (Å²) in [6.07, 6.45) is 0.445. The third-order valence-corrected chi connectivity index (χ3v) is 7.27. The van der Waals surface area contributed by atoms with Crippen LogP contribution in [0.2, 0.25) is 0 Å². The molecule has 5 nitrogen and oxygen atoms in total. The Bertz CT molecular complexity index is 1130. The van der Waals surface area contributed by atoms with Crippen LogP contribution in [0.1, 0.15) is 34.7 Å². The first kappa shape index (κ1) is 19.9. The fourth-order valence-corrected chi connectivity index (χ4v) is 6.01. The number of rotatable bonds is 4. The molecule has 1 aromatic heterocycles. The Morgan fingerprint density at radius 2 is 1.93 bits per heavy atom. The lowest BCUT2D eigenvalue weighted by Crippen LogP contribution is -2.34. The van der Waals surface area contributed by atoms with Crippen LogP contribution in [0.15, 0.2) is 61.9 Å². The van der Waals surface area contributed by atoms with Gasteiger partial charge in [-0.3, -0.25) is 0 Å². The van der Waals surface area contributed by atoms with Crippen LogP contribution in [0.5, 0.6) is 17.2 Å². The fraction of sp³-hybridized carbons (Fsp3) is 0.227. The molecule has 0 N–H and O–H groups in total. The molecule has 0 aliphatic carbocycles. The van der Waals surface area contributed by atoms with Crippen LogP contribution in [0.25, 0.3) is 0 Å². The lowest BCUT2D eigenvalue weighted by atomic mass is 9.97. The molecule has 2 atom stereocenters. The molecule has 154 valence electrons. The van der Waals surface area contributed by atoms with Crippen molar-refractivity contribution >= 4 is 48.9 Å². The third-order valence-electron chi connectivity index (χ3n) is 5.31. The summed E-state index contributed by atoms with van der Waals surface area (Å²) < 4.78 is 19.4. The van der Waals surface area contributed by atoms with E-state index in [1.54, 1.807) is 25.6 Å². The van der Waals surface area contributed by atoms with Crippen LogP contribution in [0, 0.1) is 0 Å². The van der Waals surface area contributed by atoms with E-state index in [4.69, 9.17) is 19.3 Å². The molecule has 0 spiro atoms. The molecule has 0 radical (unpaired) electrons. The molecule has 3 heterocycles. The monoisotopic (exact) mass is 548 g/mol. The summed E-state index contributed by atoms with van der Waals surface area (Å²) in [6.45, 7) is 0. The minimum atomic E-state index is -0.378. The Hall–Kier alpha value is -2.03. The third kappa shape index (κ3) is 3.31. The number of hydrogen-bond acceptors (Lipinski definition) is 6. The average Bonchev–Trinajstić information content (AvgIpc) is 3.42. The van der Waals surface area contributed by atoms with Crippen LogP contribution >= 0.6 is 43.2 Å². The number of hydrazone groups is 1. The second-order valence-corrected chi connectivity index (χ2v) is 9.73. The van der Waals surface area contributed by atoms with E-state index < -0.39 is 0 Å². The summed E-state index contributed by atoms with van der Waals surface area (Å²) in [5.74, 6) is 2.20. The highest BCUT2D eigenvalue weighted by Crippen LogP contribution is 2.51. The van der Waals surface area contributed by atoms with Gasteiger partial charge in [0.15, 0.2) is 11.5 Å². The quantitative estimate of drug-likeness (QED) is 0.371. The summed E-state index contributed by atoms with van der Waals surface area (Å²) in [4.78, 5) is 1.19. The van der Waals surface area contributed by atoms with Gasteiger partial charge < -0.3 is 14.2 Å². The van der Waals surface area contributed by atoms with Crippen LogP contribution in [0.3, 0.4) is 0 Å². The maximum absolute atomic E-state index is 6.51. The van der Waals surface area contributed by atoms with Crippen LogP contribution in [-0.2, 0) is 0 Å². The standard InChI is InChI=1S/C22H18Br2N2O3S/c1-27-18-6-5-12(8-19(18)28-2)22-26-17(11-16(25-26)20-4-3-7-30-20)14-9-13(23)10-15(24)21(14)29-22/h3-10,17,22H,11H2,1-2H3/t17-,22+/m0/s1. The Morgan fingerprint density at radius 3 is 2.67 bits per heavy atom. The van der Waals surface area contributed by atoms with Crippen molar-refractivity contribution in [1.82, 2.24) is 5.01 Å². The summed E-state index contributed by atoms with van der Waals surface area (Å²) in [6, 6.07) is 14.2. The zero-order chi connectivity index (χ0) is 20.8. The fourth-order valence-electron chi connectivity index (χ4n) is 3.93. The van der Waals surface area contributed by atoms with Gasteiger partial charge in [0.2, 0.25) is 6.23 Å². The molecule has 0 saturated heterocycles. The van der Waals surface area contributed by atoms with E-state index in [-0.39, 0.29) is 12.3 Å². The van der Waals surface area contributed by atoms with Crippen molar-refractivity contribution in [2.24, 2.45) is 5.10 Å². The van der Waals surface area contributed by atoms with E-state index >= 15 is 0 Å². The average molecular weight is 550 g/mol. The van der Waals surface area contributed by atoms with E-state index in [0.717, 1.165) is 38.0 Å². The van der Waals surface area contributed by atoms with Crippen molar-refractivity contribution in [1.29, 1.82) is 0 Å². The molecule has 0 unspecified atom stereocenters. The van der Waals surface area contributed by atoms with Gasteiger partial charge in [-0.05, 0) is 57.7 Å². The summed E-state index contributed by atoms with van der Waals surface area (Å²) in [5.41, 5.74) is 3.14. The van der Waals surface area contributed by atoms with Gasteiger partial charge in [0.05, 0.1) is 35.3 Å². The SMILES string of the molecule is COc1ccc([C@H]2Oc3c(Br)cc(Br)cc3[C@@H]3CC(c4cccs4)=NN23)cc1OC. The Balaban J connectivity index is 1.63. The van der Waals surface area contributed by atoms with Crippen molar-refractivity contribution < 1.29 is 14.2 Å². The molecule has 2 aliphatic heterocycles. The molecular formula is C22H18Br2N2O3S. The largest absolute Gasteiger partial charge is 0.493 e. The highest BCUT2D eigenvalue weighted by atomic mass is 79.9. The minimum Gasteiger partial charge on any atom is -0.493 e. The van der Waals surface area contributed by atoms with E-state index in [1.807, 2.05) is 24.3 Å². The molecule has 0 bridgehead atoms. The molecule has 0 amide bonds. The molecule has 2 aliphatic rings. The van der Waals surface area contributed by atoms with Gasteiger partial charge in [-0.2, -0.15) is 5.10 Å². The van der Waals surface area contributed by atoms with Crippen molar-refractivity contribution in [2.75, 3.05) is 14.2 Å². The molecule has 2 aromatic carbocycles. The molecule has 0 fully saturated rings. The molecule has 8 heteroatoms. The number of fused-ring (bicyclic) bond motifs is 3. The number of nitrogens with zero attached hydrogens (tertiary/aromatic N) is 2. The number of halogens is 2. The molecule has 0 saturated carbocycles. The van der Waals surface area contributed by atoms with Gasteiger partial charge >= 0.3 is 0 Å². The van der Waals surface area contributed by atoms with Crippen molar-refractivity contribution in [3.8, 4) is 17.2 Å². The summed E-state index contributed by atoms with van der Waals surface area (Å²) in [7, 11) is 3.27. The normalized spacial score (nSPS) is 19.6. The number of methoxy groups -OCH3 is 2. The van der Waals surface area contributed by atoms with Crippen molar-refractivity contribution in [2.45, 2.75) is 18.7 Å². The zero-order valence-electron chi connectivity index (χ0n) is 16.3. The zero-order valence-corrected chi connectivity index (χ0v) is 20.3. The number of thiophene rings is 1. The Labute approximate surface area is 195 Å². The lowest BCUT2D eigenvalue weighted by Gasteiger charge is -2.38. The van der Waals surface area contributed by atoms with Gasteiger partial charge in [0.25, 0.3) is 0 Å². The van der Waals surface area contributed by atoms with Gasteiger partial charge in [0, 0.05) is 22.0 Å². The topological polar surface area (TPSA) is 43.3 Å². The predicted molar refractivity (Wildman–Crippen MR) is 125 cm³/mol. The second kappa shape index (κ2) is 7.90. The number of benzene rings is 2. The maximum atomic E-state index is 6.51. The van der Waals surface area contributed by atoms with Crippen LogP contribution < -0.4 is 14.2 Å². The van der Waals surface area contributed by atoms with Crippen LogP contribution in [0.4, 0.5) is 0 Å². The maximum Gasteiger partial charge on any atom is 0.214 e.